The third kappa shape index (κ3) is 8.27. The lowest BCUT2D eigenvalue weighted by Gasteiger charge is -2.47. The van der Waals surface area contributed by atoms with Crippen molar-refractivity contribution in [1.29, 1.82) is 0 Å². The first-order valence-electron chi connectivity index (χ1n) is 15.6. The van der Waals surface area contributed by atoms with Gasteiger partial charge in [0.1, 0.15) is 0 Å². The van der Waals surface area contributed by atoms with Crippen LogP contribution in [0.5, 0.6) is 0 Å². The number of hydrogen-bond donors (Lipinski definition) is 6. The summed E-state index contributed by atoms with van der Waals surface area (Å²) in [7, 11) is -2.95. The van der Waals surface area contributed by atoms with E-state index >= 15 is 0 Å². The molecule has 5 rings (SSSR count). The van der Waals surface area contributed by atoms with Crippen molar-refractivity contribution < 1.29 is 19.0 Å². The molecule has 2 fully saturated rings. The summed E-state index contributed by atoms with van der Waals surface area (Å²) in [6, 6.07) is 22.6. The Bertz CT molecular complexity index is 1410. The van der Waals surface area contributed by atoms with E-state index in [0.717, 1.165) is 60.4 Å². The zero-order chi connectivity index (χ0) is 31.2. The largest absolute Gasteiger partial charge is 0.390 e. The average Bonchev–Trinajstić information content (AvgIpc) is 2.98. The molecule has 3 aromatic rings. The number of carbonyl (C=O) groups is 1. The molecule has 1 amide bonds. The molecule has 6 N–H and O–H groups in total. The first-order chi connectivity index (χ1) is 21.2. The molecule has 0 spiro atoms. The number of carbonyl (C=O) groups excluding carboxylic acids is 1. The Morgan fingerprint density at radius 2 is 1.77 bits per heavy atom. The van der Waals surface area contributed by atoms with Crippen molar-refractivity contribution in [1.82, 2.24) is 10.6 Å². The quantitative estimate of drug-likeness (QED) is 0.126. The molecular weight excluding hydrogens is 596 g/mol. The molecule has 0 radical (unpaired) electrons. The van der Waals surface area contributed by atoms with Crippen LogP contribution >= 0.6 is 22.4 Å². The van der Waals surface area contributed by atoms with Crippen molar-refractivity contribution in [2.24, 2.45) is 0 Å². The predicted octanol–water partition coefficient (Wildman–Crippen LogP) is 6.49. The van der Waals surface area contributed by atoms with Crippen molar-refractivity contribution in [2.45, 2.75) is 69.6 Å². The molecule has 0 aromatic heterocycles. The molecule has 3 aromatic carbocycles. The normalized spacial score (nSPS) is 19.3. The molecule has 238 valence electrons. The van der Waals surface area contributed by atoms with Gasteiger partial charge in [-0.25, -0.2) is 0 Å². The van der Waals surface area contributed by atoms with Gasteiger partial charge in [0.2, 0.25) is 0 Å². The smallest absolute Gasteiger partial charge is 0.251 e. The number of benzene rings is 3. The van der Waals surface area contributed by atoms with Gasteiger partial charge >= 0.3 is 0 Å². The number of anilines is 2. The number of hydrogen-bond acceptors (Lipinski definition) is 7. The Balaban J connectivity index is 1.34. The van der Waals surface area contributed by atoms with Crippen LogP contribution in [0.25, 0.3) is 0 Å². The predicted molar refractivity (Wildman–Crippen MR) is 182 cm³/mol. The van der Waals surface area contributed by atoms with Crippen molar-refractivity contribution >= 4 is 39.7 Å². The number of β-amino-alcohol motifs (C(OH)–C–C–N with tert-alkyl or cyclic N) is 1. The Hall–Kier alpha value is -2.79. The van der Waals surface area contributed by atoms with Crippen LogP contribution in [0.4, 0.5) is 11.4 Å². The molecule has 2 atom stereocenters. The molecule has 8 nitrogen and oxygen atoms in total. The summed E-state index contributed by atoms with van der Waals surface area (Å²) in [4.78, 5) is 13.8. The topological polar surface area (TPSA) is 117 Å². The van der Waals surface area contributed by atoms with Gasteiger partial charge in [-0.2, -0.15) is 0 Å². The maximum absolute atomic E-state index is 13.8. The first-order valence-corrected chi connectivity index (χ1v) is 17.7. The molecule has 2 aliphatic rings. The van der Waals surface area contributed by atoms with Gasteiger partial charge in [0.25, 0.3) is 5.91 Å². The van der Waals surface area contributed by atoms with Gasteiger partial charge in [-0.3, -0.25) is 18.2 Å². The fraction of sp³-hybridized carbons (Fsp3) is 0.441. The van der Waals surface area contributed by atoms with Crippen LogP contribution in [0.3, 0.4) is 0 Å². The number of nitrogens with zero attached hydrogens (tertiary/aromatic N) is 1. The van der Waals surface area contributed by atoms with Crippen LogP contribution in [-0.4, -0.2) is 63.2 Å². The van der Waals surface area contributed by atoms with E-state index in [-0.39, 0.29) is 11.4 Å². The van der Waals surface area contributed by atoms with Gasteiger partial charge < -0.3 is 21.1 Å². The second kappa shape index (κ2) is 14.5. The van der Waals surface area contributed by atoms with Gasteiger partial charge in [0.05, 0.1) is 23.6 Å². The standard InChI is InChI=1S/C34H45ClN4O4S/c1-2-36-29-20-27(21-30(22-29)39-16-6-7-17-44(39,42)43)33(41)38-31(19-25-10-4-3-5-11-25)32(40)24-37-34(14-9-15-34)23-26-12-8-13-28(35)18-26/h3-5,8,10-13,18,20-22,31-32,36-37,40,42-43H,2,6-7,9,14-17,19,23-24H2,1H3,(H,38,41)/t31-,32-/m0/s1. The summed E-state index contributed by atoms with van der Waals surface area (Å²) in [6.07, 6.45) is 5.19. The molecule has 1 aliphatic carbocycles. The highest BCUT2D eigenvalue weighted by Gasteiger charge is 2.38. The van der Waals surface area contributed by atoms with Crippen LogP contribution in [0.15, 0.2) is 72.8 Å². The number of nitrogens with one attached hydrogen (secondary N) is 3. The molecule has 1 heterocycles. The van der Waals surface area contributed by atoms with Gasteiger partial charge in [0, 0.05) is 41.4 Å². The highest BCUT2D eigenvalue weighted by Crippen LogP contribution is 2.50. The van der Waals surface area contributed by atoms with Gasteiger partial charge in [-0.15, -0.1) is 10.8 Å². The Morgan fingerprint density at radius 1 is 1.00 bits per heavy atom. The van der Waals surface area contributed by atoms with Crippen LogP contribution < -0.4 is 20.3 Å². The van der Waals surface area contributed by atoms with Crippen molar-refractivity contribution in [2.75, 3.05) is 35.0 Å². The van der Waals surface area contributed by atoms with Crippen molar-refractivity contribution in [3.05, 3.63) is 94.5 Å². The lowest BCUT2D eigenvalue weighted by Crippen LogP contribution is -2.57. The van der Waals surface area contributed by atoms with E-state index in [1.807, 2.05) is 61.5 Å². The van der Waals surface area contributed by atoms with E-state index in [9.17, 15) is 19.0 Å². The molecule has 10 heteroatoms. The molecule has 0 bridgehead atoms. The van der Waals surface area contributed by atoms with Crippen LogP contribution in [0, 0.1) is 0 Å². The Labute approximate surface area is 267 Å². The molecule has 1 saturated carbocycles. The van der Waals surface area contributed by atoms with Crippen LogP contribution in [0.2, 0.25) is 5.02 Å². The van der Waals surface area contributed by atoms with Gasteiger partial charge in [-0.1, -0.05) is 54.1 Å². The third-order valence-corrected chi connectivity index (χ3v) is 10.9. The fourth-order valence-electron chi connectivity index (χ4n) is 6.22. The van der Waals surface area contributed by atoms with E-state index in [4.69, 9.17) is 11.6 Å². The molecular formula is C34H45ClN4O4S. The lowest BCUT2D eigenvalue weighted by molar-refractivity contribution is 0.0760. The minimum absolute atomic E-state index is 0.111. The van der Waals surface area contributed by atoms with E-state index in [2.05, 4.69) is 22.0 Å². The lowest BCUT2D eigenvalue weighted by atomic mass is 9.72. The van der Waals surface area contributed by atoms with Crippen LogP contribution in [0.1, 0.15) is 60.5 Å². The van der Waals surface area contributed by atoms with Crippen LogP contribution in [-0.2, 0) is 12.8 Å². The summed E-state index contributed by atoms with van der Waals surface area (Å²) in [5.41, 5.74) is 3.79. The molecule has 1 aliphatic heterocycles. The minimum Gasteiger partial charge on any atom is -0.390 e. The zero-order valence-electron chi connectivity index (χ0n) is 25.3. The zero-order valence-corrected chi connectivity index (χ0v) is 26.9. The third-order valence-electron chi connectivity index (χ3n) is 8.74. The average molecular weight is 641 g/mol. The summed E-state index contributed by atoms with van der Waals surface area (Å²) >= 11 is 6.24. The Kier molecular flexibility index (Phi) is 10.8. The number of aliphatic hydroxyl groups excluding tert-OH is 1. The summed E-state index contributed by atoms with van der Waals surface area (Å²) in [5.74, 6) is -0.00587. The molecule has 0 unspecified atom stereocenters. The maximum atomic E-state index is 13.8. The SMILES string of the molecule is CCNc1cc(C(=O)N[C@@H](Cc2ccccc2)[C@@H](O)CNC2(Cc3cccc(Cl)c3)CCC2)cc(N2CCCCS2(O)O)c1. The second-order valence-electron chi connectivity index (χ2n) is 12.1. The minimum atomic E-state index is -2.95. The number of amides is 1. The number of aliphatic hydroxyl groups is 1. The number of rotatable bonds is 13. The number of halogens is 1. The van der Waals surface area contributed by atoms with Gasteiger partial charge in [0.15, 0.2) is 0 Å². The van der Waals surface area contributed by atoms with Crippen molar-refractivity contribution in [3.63, 3.8) is 0 Å². The maximum Gasteiger partial charge on any atom is 0.251 e. The van der Waals surface area contributed by atoms with E-state index < -0.39 is 22.9 Å². The van der Waals surface area contributed by atoms with E-state index in [1.54, 1.807) is 16.4 Å². The van der Waals surface area contributed by atoms with Gasteiger partial charge in [-0.05, 0) is 93.3 Å². The van der Waals surface area contributed by atoms with E-state index in [0.29, 0.717) is 43.1 Å². The second-order valence-corrected chi connectivity index (χ2v) is 14.7. The fourth-order valence-corrected chi connectivity index (χ4v) is 8.11. The van der Waals surface area contributed by atoms with Crippen molar-refractivity contribution in [3.8, 4) is 0 Å². The first kappa shape index (κ1) is 32.6. The Morgan fingerprint density at radius 3 is 2.45 bits per heavy atom. The summed E-state index contributed by atoms with van der Waals surface area (Å²) in [5, 5.41) is 22.3. The highest BCUT2D eigenvalue weighted by atomic mass is 35.5. The highest BCUT2D eigenvalue weighted by molar-refractivity contribution is 8.25. The van der Waals surface area contributed by atoms with E-state index in [1.165, 1.54) is 0 Å². The summed E-state index contributed by atoms with van der Waals surface area (Å²) in [6.45, 7) is 3.47. The monoisotopic (exact) mass is 640 g/mol. The molecule has 1 saturated heterocycles. The molecule has 44 heavy (non-hydrogen) atoms. The summed E-state index contributed by atoms with van der Waals surface area (Å²) < 4.78 is 23.2.